The van der Waals surface area contributed by atoms with Gasteiger partial charge in [0.25, 0.3) is 0 Å². The van der Waals surface area contributed by atoms with E-state index >= 15 is 0 Å². The first-order chi connectivity index (χ1) is 14.0. The average molecular weight is 610 g/mol. The first-order valence-electron chi connectivity index (χ1n) is 7.56. The van der Waals surface area contributed by atoms with Crippen molar-refractivity contribution in [3.05, 3.63) is 0 Å². The average Bonchev–Trinajstić information content (AvgIpc) is 2.41. The van der Waals surface area contributed by atoms with Gasteiger partial charge in [-0.1, -0.05) is 0 Å². The summed E-state index contributed by atoms with van der Waals surface area (Å²) in [5.41, 5.74) is -18.9. The number of carbonyl (C=O) groups is 1. The molecule has 26 heteroatoms. The highest BCUT2D eigenvalue weighted by Gasteiger charge is 2.65. The molecule has 0 heterocycles. The zero-order valence-electron chi connectivity index (χ0n) is 15.4. The maximum absolute atomic E-state index is 12.1. The van der Waals surface area contributed by atoms with Crippen LogP contribution in [0.4, 0.5) is 0 Å². The largest absolute Gasteiger partial charge is 0.481 e. The van der Waals surface area contributed by atoms with Gasteiger partial charge in [0.1, 0.15) is 5.66 Å². The molecule has 0 spiro atoms. The van der Waals surface area contributed by atoms with E-state index in [0.717, 1.165) is 0 Å². The molecule has 0 saturated heterocycles. The molecule has 0 aliphatic carbocycles. The summed E-state index contributed by atoms with van der Waals surface area (Å²) < 4.78 is 70.7. The molecule has 0 aliphatic heterocycles. The summed E-state index contributed by atoms with van der Waals surface area (Å²) in [7, 11) is -38.0. The molecule has 5 atom stereocenters. The Labute approximate surface area is 182 Å². The first kappa shape index (κ1) is 33.4. The predicted octanol–water partition coefficient (Wildman–Crippen LogP) is -3.02. The Kier molecular flexibility index (Phi) is 10.5. The second-order valence-electron chi connectivity index (χ2n) is 6.61. The molecule has 0 aliphatic rings. The van der Waals surface area contributed by atoms with E-state index in [2.05, 4.69) is 0 Å². The Morgan fingerprint density at radius 2 is 0.848 bits per heavy atom. The third kappa shape index (κ3) is 9.74. The van der Waals surface area contributed by atoms with Gasteiger partial charge in [-0.2, -0.15) is 0 Å². The highest BCUT2D eigenvalue weighted by Crippen LogP contribution is 2.69. The molecule has 0 saturated carbocycles. The van der Waals surface area contributed by atoms with E-state index in [1.54, 1.807) is 0 Å². The van der Waals surface area contributed by atoms with Crippen molar-refractivity contribution < 1.29 is 96.0 Å². The van der Waals surface area contributed by atoms with E-state index in [4.69, 9.17) is 14.9 Å². The van der Waals surface area contributed by atoms with E-state index in [1.165, 1.54) is 0 Å². The van der Waals surface area contributed by atoms with Gasteiger partial charge in [0, 0.05) is 0 Å². The number of hydrogen-bond acceptors (Lipinski definition) is 7. The Hall–Kier alpha value is 0.370. The van der Waals surface area contributed by atoms with Crippen LogP contribution in [0.15, 0.2) is 0 Å². The summed E-state index contributed by atoms with van der Waals surface area (Å²) in [5.74, 6) is -2.85. The summed E-state index contributed by atoms with van der Waals surface area (Å²) in [4.78, 5) is 124. The molecule has 33 heavy (non-hydrogen) atoms. The van der Waals surface area contributed by atoms with Gasteiger partial charge in [-0.15, -0.1) is 0 Å². The highest BCUT2D eigenvalue weighted by molar-refractivity contribution is 7.63. The molecule has 0 rings (SSSR count). The first-order valence-corrected chi connectivity index (χ1v) is 17.8. The van der Waals surface area contributed by atoms with Crippen molar-refractivity contribution in [3.8, 4) is 0 Å². The molecule has 13 N–H and O–H groups in total. The minimum absolute atomic E-state index is 2.24. The van der Waals surface area contributed by atoms with Gasteiger partial charge in [-0.3, -0.25) is 32.2 Å². The number of carboxylic acid groups (broad SMARTS) is 1. The second kappa shape index (κ2) is 10.4. The maximum atomic E-state index is 12.1. The smallest absolute Gasteiger partial charge is 0.340 e. The lowest BCUT2D eigenvalue weighted by Gasteiger charge is -2.40. The van der Waals surface area contributed by atoms with E-state index in [0.29, 0.717) is 0 Å². The van der Waals surface area contributed by atoms with Gasteiger partial charge in [0.05, 0.1) is 23.1 Å². The van der Waals surface area contributed by atoms with Crippen LogP contribution >= 0.6 is 45.6 Å². The van der Waals surface area contributed by atoms with Gasteiger partial charge in [0.2, 0.25) is 0 Å². The summed E-state index contributed by atoms with van der Waals surface area (Å²) in [6, 6.07) is 0. The van der Waals surface area contributed by atoms with Crippen molar-refractivity contribution in [1.29, 1.82) is 0 Å². The Balaban J connectivity index is 7.74. The molecule has 0 bridgehead atoms. The van der Waals surface area contributed by atoms with Gasteiger partial charge in [0.15, 0.2) is 5.66 Å². The van der Waals surface area contributed by atoms with Crippen molar-refractivity contribution in [2.24, 2.45) is 0 Å². The number of carboxylic acids is 1. The van der Waals surface area contributed by atoms with Gasteiger partial charge in [-0.25, -0.2) is 0 Å². The van der Waals surface area contributed by atoms with Gasteiger partial charge in [-0.05, 0) is 0 Å². The minimum atomic E-state index is -6.62. The summed E-state index contributed by atoms with van der Waals surface area (Å²) in [6.07, 6.45) is -2.24. The fourth-order valence-corrected chi connectivity index (χ4v) is 14.8. The third-order valence-corrected chi connectivity index (χ3v) is 13.1. The quantitative estimate of drug-likeness (QED) is 0.0977. The van der Waals surface area contributed by atoms with Crippen LogP contribution < -0.4 is 0 Å². The summed E-state index contributed by atoms with van der Waals surface area (Å²) in [5, 5.41) is 9.07. The van der Waals surface area contributed by atoms with E-state index in [9.17, 15) is 81.1 Å². The number of aliphatic carboxylic acids is 1. The predicted molar refractivity (Wildman–Crippen MR) is 104 cm³/mol. The standard InChI is InChI=1S/C7H20O20P6/c8-7(9)6(33(25,26)27)5(32(22,23)24)4(31(19,20)21)3(30(16,17)18)2(29(13,14)15)1-28(10,11)12/h2-6H,1H2,(H,8,9)(H2,10,11,12)(H2,13,14,15)(H2,16,17,18)(H2,19,20,21)(H2,22,23,24)(H2,25,26,27). The number of rotatable bonds is 12. The normalized spacial score (nSPS) is 19.4. The van der Waals surface area contributed by atoms with Crippen LogP contribution in [0.5, 0.6) is 0 Å². The lowest BCUT2D eigenvalue weighted by Crippen LogP contribution is -2.51. The van der Waals surface area contributed by atoms with Gasteiger partial charge >= 0.3 is 51.5 Å². The van der Waals surface area contributed by atoms with Gasteiger partial charge < -0.3 is 63.8 Å². The minimum Gasteiger partial charge on any atom is -0.481 e. The summed E-state index contributed by atoms with van der Waals surface area (Å²) in [6.45, 7) is 0. The molecule has 0 aromatic heterocycles. The van der Waals surface area contributed by atoms with Crippen LogP contribution in [0.1, 0.15) is 0 Å². The molecule has 0 radical (unpaired) electrons. The topological polar surface area (TPSA) is 382 Å². The van der Waals surface area contributed by atoms with Crippen molar-refractivity contribution in [2.75, 3.05) is 6.16 Å². The summed E-state index contributed by atoms with van der Waals surface area (Å²) >= 11 is 0. The SMILES string of the molecule is O=C(O)C(C(C(C(C(CP(=O)(O)O)P(=O)(O)O)P(=O)(O)O)P(=O)(O)O)P(=O)(O)O)P(=O)(O)O. The Morgan fingerprint density at radius 3 is 1.03 bits per heavy atom. The van der Waals surface area contributed by atoms with Crippen molar-refractivity contribution in [2.45, 2.75) is 28.3 Å². The molecule has 0 amide bonds. The molecule has 20 nitrogen and oxygen atoms in total. The molecular formula is C7H20O20P6. The van der Waals surface area contributed by atoms with Crippen LogP contribution in [0, 0.1) is 0 Å². The zero-order valence-corrected chi connectivity index (χ0v) is 20.8. The fraction of sp³-hybridized carbons (Fsp3) is 0.857. The highest BCUT2D eigenvalue weighted by atomic mass is 31.2. The molecule has 0 fully saturated rings. The molecule has 0 aromatic rings. The van der Waals surface area contributed by atoms with Crippen LogP contribution in [-0.4, -0.2) is 104 Å². The zero-order chi connectivity index (χ0) is 27.2. The van der Waals surface area contributed by atoms with Crippen LogP contribution in [0.3, 0.4) is 0 Å². The molecule has 0 aromatic carbocycles. The lowest BCUT2D eigenvalue weighted by molar-refractivity contribution is -0.137. The molecule has 198 valence electrons. The van der Waals surface area contributed by atoms with Crippen molar-refractivity contribution in [1.82, 2.24) is 0 Å². The van der Waals surface area contributed by atoms with E-state index < -0.39 is 86.0 Å². The van der Waals surface area contributed by atoms with Crippen molar-refractivity contribution >= 4 is 51.5 Å². The molecule has 5 unspecified atom stereocenters. The molecular weight excluding hydrogens is 590 g/mol. The maximum Gasteiger partial charge on any atom is 0.340 e. The van der Waals surface area contributed by atoms with Crippen LogP contribution in [0.25, 0.3) is 0 Å². The Morgan fingerprint density at radius 1 is 0.515 bits per heavy atom. The fourth-order valence-electron chi connectivity index (χ4n) is 2.97. The lowest BCUT2D eigenvalue weighted by atomic mass is 10.1. The number of hydrogen-bond donors (Lipinski definition) is 13. The van der Waals surface area contributed by atoms with Crippen LogP contribution in [0.2, 0.25) is 0 Å². The Bertz CT molecular complexity index is 1010. The third-order valence-electron chi connectivity index (χ3n) is 4.05. The monoisotopic (exact) mass is 610 g/mol. The van der Waals surface area contributed by atoms with Crippen molar-refractivity contribution in [3.63, 3.8) is 0 Å². The second-order valence-corrected chi connectivity index (χ2v) is 17.2. The van der Waals surface area contributed by atoms with E-state index in [-0.39, 0.29) is 0 Å². The van der Waals surface area contributed by atoms with E-state index in [1.807, 2.05) is 0 Å². The van der Waals surface area contributed by atoms with Crippen LogP contribution in [-0.2, 0) is 32.2 Å².